The van der Waals surface area contributed by atoms with E-state index in [-0.39, 0.29) is 12.2 Å². The van der Waals surface area contributed by atoms with Crippen LogP contribution in [0.3, 0.4) is 0 Å². The second kappa shape index (κ2) is 5.90. The zero-order chi connectivity index (χ0) is 17.5. The smallest absolute Gasteiger partial charge is 0.466 e. The van der Waals surface area contributed by atoms with Crippen LogP contribution in [0.1, 0.15) is 45.5 Å². The first-order valence-corrected chi connectivity index (χ1v) is 8.26. The monoisotopic (exact) mass is 326 g/mol. The highest BCUT2D eigenvalue weighted by molar-refractivity contribution is 6.48. The van der Waals surface area contributed by atoms with Crippen molar-refractivity contribution >= 4 is 23.9 Å². The molecule has 0 aromatic heterocycles. The third kappa shape index (κ3) is 2.94. The maximum absolute atomic E-state index is 11.5. The van der Waals surface area contributed by atoms with Crippen LogP contribution in [0.2, 0.25) is 0 Å². The first-order valence-electron chi connectivity index (χ1n) is 8.26. The average Bonchev–Trinajstić information content (AvgIpc) is 2.72. The van der Waals surface area contributed by atoms with Crippen molar-refractivity contribution in [3.05, 3.63) is 48.0 Å². The molecule has 2 aromatic rings. The predicted molar refractivity (Wildman–Crippen MR) is 95.0 cm³/mol. The first-order chi connectivity index (χ1) is 11.2. The van der Waals surface area contributed by atoms with Crippen LogP contribution in [0.5, 0.6) is 0 Å². The molecule has 1 atom stereocenters. The van der Waals surface area contributed by atoms with E-state index in [1.807, 2.05) is 70.2 Å². The molecule has 0 spiro atoms. The molecule has 126 valence electrons. The molecule has 0 aliphatic carbocycles. The van der Waals surface area contributed by atoms with Crippen molar-refractivity contribution in [1.29, 1.82) is 0 Å². The number of aliphatic carboxylic acids is 1. The number of carboxylic acids is 1. The molecule has 5 heteroatoms. The van der Waals surface area contributed by atoms with E-state index in [4.69, 9.17) is 9.31 Å². The highest BCUT2D eigenvalue weighted by Crippen LogP contribution is 2.42. The van der Waals surface area contributed by atoms with Crippen LogP contribution in [0, 0.1) is 0 Å². The Morgan fingerprint density at radius 1 is 1.04 bits per heavy atom. The topological polar surface area (TPSA) is 55.8 Å². The first kappa shape index (κ1) is 17.0. The number of hydrogen-bond donors (Lipinski definition) is 1. The molecule has 4 nitrogen and oxygen atoms in total. The van der Waals surface area contributed by atoms with Crippen molar-refractivity contribution < 1.29 is 19.2 Å². The zero-order valence-corrected chi connectivity index (χ0v) is 14.6. The standard InChI is InChI=1S/C19H23BO4/c1-18(2)19(3,4)24-20(23-18)16(12-17(21)22)15-11-7-9-13-8-5-6-10-14(13)15/h5-11,16H,12H2,1-4H3,(H,21,22). The van der Waals surface area contributed by atoms with E-state index in [1.54, 1.807) is 0 Å². The summed E-state index contributed by atoms with van der Waals surface area (Å²) in [6.07, 6.45) is -0.0369. The van der Waals surface area contributed by atoms with Crippen molar-refractivity contribution in [3.8, 4) is 0 Å². The van der Waals surface area contributed by atoms with Crippen molar-refractivity contribution in [2.75, 3.05) is 0 Å². The van der Waals surface area contributed by atoms with Gasteiger partial charge in [0.05, 0.1) is 17.6 Å². The van der Waals surface area contributed by atoms with E-state index in [0.29, 0.717) is 0 Å². The molecule has 0 amide bonds. The molecule has 2 aromatic carbocycles. The normalized spacial score (nSPS) is 20.2. The van der Waals surface area contributed by atoms with Crippen LogP contribution in [0.15, 0.2) is 42.5 Å². The minimum Gasteiger partial charge on any atom is -0.481 e. The summed E-state index contributed by atoms with van der Waals surface area (Å²) in [4.78, 5) is 11.5. The van der Waals surface area contributed by atoms with Crippen molar-refractivity contribution in [1.82, 2.24) is 0 Å². The largest absolute Gasteiger partial charge is 0.481 e. The molecule has 1 aliphatic heterocycles. The lowest BCUT2D eigenvalue weighted by molar-refractivity contribution is -0.137. The lowest BCUT2D eigenvalue weighted by Gasteiger charge is -2.32. The van der Waals surface area contributed by atoms with Crippen LogP contribution < -0.4 is 0 Å². The van der Waals surface area contributed by atoms with Gasteiger partial charge in [-0.2, -0.15) is 0 Å². The molecular formula is C19H23BO4. The maximum atomic E-state index is 11.5. The van der Waals surface area contributed by atoms with Crippen LogP contribution in [0.4, 0.5) is 0 Å². The molecule has 1 saturated heterocycles. The molecule has 0 radical (unpaired) electrons. The number of hydrogen-bond acceptors (Lipinski definition) is 3. The highest BCUT2D eigenvalue weighted by atomic mass is 16.7. The van der Waals surface area contributed by atoms with E-state index in [0.717, 1.165) is 16.3 Å². The lowest BCUT2D eigenvalue weighted by atomic mass is 9.65. The van der Waals surface area contributed by atoms with E-state index in [1.165, 1.54) is 0 Å². The number of carbonyl (C=O) groups is 1. The Hall–Kier alpha value is -1.85. The molecular weight excluding hydrogens is 303 g/mol. The Morgan fingerprint density at radius 2 is 1.62 bits per heavy atom. The second-order valence-electron chi connectivity index (χ2n) is 7.40. The van der Waals surface area contributed by atoms with Gasteiger partial charge in [0, 0.05) is 5.82 Å². The van der Waals surface area contributed by atoms with Crippen molar-refractivity contribution in [3.63, 3.8) is 0 Å². The highest BCUT2D eigenvalue weighted by Gasteiger charge is 2.54. The van der Waals surface area contributed by atoms with E-state index >= 15 is 0 Å². The molecule has 1 unspecified atom stereocenters. The fraction of sp³-hybridized carbons (Fsp3) is 0.421. The minimum atomic E-state index is -0.859. The Labute approximate surface area is 142 Å². The summed E-state index contributed by atoms with van der Waals surface area (Å²) in [5.41, 5.74) is -0.0214. The van der Waals surface area contributed by atoms with Crippen molar-refractivity contribution in [2.45, 2.75) is 51.1 Å². The molecule has 24 heavy (non-hydrogen) atoms. The zero-order valence-electron chi connectivity index (χ0n) is 14.6. The van der Waals surface area contributed by atoms with Gasteiger partial charge < -0.3 is 14.4 Å². The van der Waals surface area contributed by atoms with Gasteiger partial charge >= 0.3 is 13.1 Å². The van der Waals surface area contributed by atoms with Gasteiger partial charge in [-0.1, -0.05) is 42.5 Å². The van der Waals surface area contributed by atoms with Gasteiger partial charge in [-0.05, 0) is 44.0 Å². The summed E-state index contributed by atoms with van der Waals surface area (Å²) in [7, 11) is -0.586. The lowest BCUT2D eigenvalue weighted by Crippen LogP contribution is -2.41. The summed E-state index contributed by atoms with van der Waals surface area (Å²) in [5.74, 6) is -1.22. The molecule has 1 fully saturated rings. The fourth-order valence-corrected chi connectivity index (χ4v) is 3.17. The Balaban J connectivity index is 2.06. The summed E-state index contributed by atoms with van der Waals surface area (Å²) in [6, 6.07) is 14.0. The quantitative estimate of drug-likeness (QED) is 0.862. The third-order valence-electron chi connectivity index (χ3n) is 5.22. The number of carboxylic acid groups (broad SMARTS) is 1. The van der Waals surface area contributed by atoms with Crippen molar-refractivity contribution in [2.24, 2.45) is 0 Å². The summed E-state index contributed by atoms with van der Waals surface area (Å²) in [6.45, 7) is 7.92. The van der Waals surface area contributed by atoms with Gasteiger partial charge in [0.2, 0.25) is 0 Å². The van der Waals surface area contributed by atoms with Gasteiger partial charge in [-0.15, -0.1) is 0 Å². The van der Waals surface area contributed by atoms with Gasteiger partial charge in [0.1, 0.15) is 0 Å². The van der Waals surface area contributed by atoms with Gasteiger partial charge in [-0.25, -0.2) is 0 Å². The summed E-state index contributed by atoms with van der Waals surface area (Å²) >= 11 is 0. The molecule has 1 aliphatic rings. The van der Waals surface area contributed by atoms with Crippen LogP contribution in [-0.4, -0.2) is 29.4 Å². The SMILES string of the molecule is CC1(C)OB(C(CC(=O)O)c2cccc3ccccc23)OC1(C)C. The van der Waals surface area contributed by atoms with E-state index < -0.39 is 24.3 Å². The molecule has 0 saturated carbocycles. The predicted octanol–water partition coefficient (Wildman–Crippen LogP) is 4.03. The Kier molecular flexibility index (Phi) is 4.18. The molecule has 1 N–H and O–H groups in total. The second-order valence-corrected chi connectivity index (χ2v) is 7.40. The van der Waals surface area contributed by atoms with Crippen LogP contribution >= 0.6 is 0 Å². The van der Waals surface area contributed by atoms with Crippen LogP contribution in [-0.2, 0) is 14.1 Å². The van der Waals surface area contributed by atoms with Gasteiger partial charge in [-0.3, -0.25) is 4.79 Å². The molecule has 1 heterocycles. The Bertz CT molecular complexity index is 748. The maximum Gasteiger partial charge on any atom is 0.466 e. The average molecular weight is 326 g/mol. The summed E-state index contributed by atoms with van der Waals surface area (Å²) in [5, 5.41) is 11.6. The fourth-order valence-electron chi connectivity index (χ4n) is 3.17. The van der Waals surface area contributed by atoms with Crippen LogP contribution in [0.25, 0.3) is 10.8 Å². The molecule has 0 bridgehead atoms. The van der Waals surface area contributed by atoms with Gasteiger partial charge in [0.15, 0.2) is 0 Å². The molecule has 3 rings (SSSR count). The number of rotatable bonds is 4. The summed E-state index contributed by atoms with van der Waals surface area (Å²) < 4.78 is 12.3. The van der Waals surface area contributed by atoms with Gasteiger partial charge in [0.25, 0.3) is 0 Å². The minimum absolute atomic E-state index is 0.0369. The number of benzene rings is 2. The Morgan fingerprint density at radius 3 is 2.25 bits per heavy atom. The third-order valence-corrected chi connectivity index (χ3v) is 5.22. The van der Waals surface area contributed by atoms with E-state index in [2.05, 4.69) is 0 Å². The van der Waals surface area contributed by atoms with E-state index in [9.17, 15) is 9.90 Å². The number of fused-ring (bicyclic) bond motifs is 1.